The molecular weight excluding hydrogens is 252 g/mol. The molecule has 2 fully saturated rings. The summed E-state index contributed by atoms with van der Waals surface area (Å²) in [5.74, 6) is -0.302. The van der Waals surface area contributed by atoms with Gasteiger partial charge in [0.25, 0.3) is 0 Å². The lowest BCUT2D eigenvalue weighted by Gasteiger charge is -2.47. The summed E-state index contributed by atoms with van der Waals surface area (Å²) in [6.45, 7) is 3.62. The predicted octanol–water partition coefficient (Wildman–Crippen LogP) is 1.73. The zero-order chi connectivity index (χ0) is 13.6. The highest BCUT2D eigenvalue weighted by molar-refractivity contribution is 7.92. The number of rotatable bonds is 3. The second kappa shape index (κ2) is 4.30. The molecule has 104 valence electrons. The van der Waals surface area contributed by atoms with Crippen LogP contribution < -0.4 is 0 Å². The summed E-state index contributed by atoms with van der Waals surface area (Å²) in [6.07, 6.45) is 5.66. The van der Waals surface area contributed by atoms with Crippen molar-refractivity contribution in [3.8, 4) is 0 Å². The minimum atomic E-state index is -3.37. The van der Waals surface area contributed by atoms with Crippen LogP contribution in [-0.4, -0.2) is 37.4 Å². The van der Waals surface area contributed by atoms with Crippen LogP contribution in [0.1, 0.15) is 46.0 Å². The van der Waals surface area contributed by atoms with Gasteiger partial charge in [-0.3, -0.25) is 4.79 Å². The molecule has 1 heterocycles. The maximum Gasteiger partial charge on any atom is 0.159 e. The molecule has 1 atom stereocenters. The first-order valence-corrected chi connectivity index (χ1v) is 8.45. The smallest absolute Gasteiger partial charge is 0.159 e. The van der Waals surface area contributed by atoms with Crippen LogP contribution >= 0.6 is 0 Å². The fraction of sp³-hybridized carbons (Fsp3) is 0.923. The Morgan fingerprint density at radius 1 is 1.33 bits per heavy atom. The van der Waals surface area contributed by atoms with Gasteiger partial charge in [0.2, 0.25) is 0 Å². The molecule has 0 aromatic heterocycles. The summed E-state index contributed by atoms with van der Waals surface area (Å²) < 4.78 is 28.0. The summed E-state index contributed by atoms with van der Waals surface area (Å²) >= 11 is 0. The molecule has 0 radical (unpaired) electrons. The van der Waals surface area contributed by atoms with Crippen LogP contribution in [0.3, 0.4) is 0 Å². The van der Waals surface area contributed by atoms with Gasteiger partial charge in [-0.1, -0.05) is 0 Å². The van der Waals surface area contributed by atoms with Crippen molar-refractivity contribution in [1.29, 1.82) is 0 Å². The van der Waals surface area contributed by atoms with Gasteiger partial charge >= 0.3 is 0 Å². The van der Waals surface area contributed by atoms with E-state index in [4.69, 9.17) is 4.74 Å². The first-order chi connectivity index (χ1) is 8.18. The maximum atomic E-state index is 12.5. The van der Waals surface area contributed by atoms with E-state index < -0.39 is 14.6 Å². The van der Waals surface area contributed by atoms with Gasteiger partial charge in [0, 0.05) is 18.8 Å². The van der Waals surface area contributed by atoms with Crippen LogP contribution in [0.25, 0.3) is 0 Å². The largest absolute Gasteiger partial charge is 0.375 e. The molecule has 1 aliphatic heterocycles. The monoisotopic (exact) mass is 274 g/mol. The Bertz CT molecular complexity index is 446. The molecule has 5 heteroatoms. The molecule has 0 amide bonds. The summed E-state index contributed by atoms with van der Waals surface area (Å²) in [5, 5.41) is 0. The fourth-order valence-corrected chi connectivity index (χ4v) is 3.38. The van der Waals surface area contributed by atoms with Crippen LogP contribution in [-0.2, 0) is 19.4 Å². The SMILES string of the molecule is CC(C)(C(=O)C1CCOC2(CCC2)C1)S(C)(=O)=O. The number of Topliss-reactive ketones (excluding diaryl/α,β-unsaturated/α-hetero) is 1. The molecule has 0 N–H and O–H groups in total. The van der Waals surface area contributed by atoms with Crippen LogP contribution in [0.15, 0.2) is 0 Å². The van der Waals surface area contributed by atoms with E-state index in [0.29, 0.717) is 19.4 Å². The summed E-state index contributed by atoms with van der Waals surface area (Å²) in [7, 11) is -3.37. The average Bonchev–Trinajstić information content (AvgIpc) is 2.24. The van der Waals surface area contributed by atoms with Crippen molar-refractivity contribution in [1.82, 2.24) is 0 Å². The number of ketones is 1. The van der Waals surface area contributed by atoms with Crippen molar-refractivity contribution in [2.75, 3.05) is 12.9 Å². The quantitative estimate of drug-likeness (QED) is 0.786. The van der Waals surface area contributed by atoms with Gasteiger partial charge in [0.15, 0.2) is 15.6 Å². The minimum Gasteiger partial charge on any atom is -0.375 e. The molecular formula is C13H22O4S. The Labute approximate surface area is 109 Å². The van der Waals surface area contributed by atoms with Gasteiger partial charge in [0.1, 0.15) is 4.75 Å². The van der Waals surface area contributed by atoms with Gasteiger partial charge in [0.05, 0.1) is 5.60 Å². The van der Waals surface area contributed by atoms with E-state index in [1.54, 1.807) is 0 Å². The molecule has 0 aromatic rings. The van der Waals surface area contributed by atoms with Crippen LogP contribution in [0.2, 0.25) is 0 Å². The van der Waals surface area contributed by atoms with Crippen molar-refractivity contribution in [3.63, 3.8) is 0 Å². The fourth-order valence-electron chi connectivity index (χ4n) is 2.85. The lowest BCUT2D eigenvalue weighted by atomic mass is 9.70. The molecule has 1 spiro atoms. The van der Waals surface area contributed by atoms with Gasteiger partial charge in [-0.15, -0.1) is 0 Å². The van der Waals surface area contributed by atoms with Crippen molar-refractivity contribution in [2.24, 2.45) is 5.92 Å². The molecule has 4 nitrogen and oxygen atoms in total. The van der Waals surface area contributed by atoms with E-state index in [2.05, 4.69) is 0 Å². The first kappa shape index (κ1) is 14.0. The Hall–Kier alpha value is -0.420. The Morgan fingerprint density at radius 3 is 2.39 bits per heavy atom. The molecule has 2 rings (SSSR count). The van der Waals surface area contributed by atoms with Gasteiger partial charge in [-0.25, -0.2) is 8.42 Å². The summed E-state index contributed by atoms with van der Waals surface area (Å²) in [6, 6.07) is 0. The van der Waals surface area contributed by atoms with E-state index >= 15 is 0 Å². The van der Waals surface area contributed by atoms with Crippen LogP contribution in [0, 0.1) is 5.92 Å². The van der Waals surface area contributed by atoms with Crippen LogP contribution in [0.4, 0.5) is 0 Å². The third-order valence-corrected chi connectivity index (χ3v) is 6.70. The topological polar surface area (TPSA) is 60.4 Å². The lowest BCUT2D eigenvalue weighted by Crippen LogP contribution is -2.51. The molecule has 18 heavy (non-hydrogen) atoms. The number of carbonyl (C=O) groups excluding carboxylic acids is 1. The van der Waals surface area contributed by atoms with Crippen molar-refractivity contribution in [2.45, 2.75) is 56.3 Å². The third-order valence-electron chi connectivity index (χ3n) is 4.65. The average molecular weight is 274 g/mol. The van der Waals surface area contributed by atoms with Gasteiger partial charge in [-0.2, -0.15) is 0 Å². The van der Waals surface area contributed by atoms with E-state index in [1.165, 1.54) is 13.8 Å². The van der Waals surface area contributed by atoms with Crippen molar-refractivity contribution < 1.29 is 17.9 Å². The van der Waals surface area contributed by atoms with Crippen molar-refractivity contribution >= 4 is 15.6 Å². The zero-order valence-corrected chi connectivity index (χ0v) is 12.2. The number of hydrogen-bond acceptors (Lipinski definition) is 4. The number of hydrogen-bond donors (Lipinski definition) is 0. The zero-order valence-electron chi connectivity index (χ0n) is 11.4. The second-order valence-corrected chi connectivity index (χ2v) is 8.79. The molecule has 2 aliphatic rings. The van der Waals surface area contributed by atoms with Gasteiger partial charge < -0.3 is 4.74 Å². The third kappa shape index (κ3) is 2.23. The Balaban J connectivity index is 2.14. The summed E-state index contributed by atoms with van der Waals surface area (Å²) in [4.78, 5) is 12.5. The predicted molar refractivity (Wildman–Crippen MR) is 69.2 cm³/mol. The highest BCUT2D eigenvalue weighted by Gasteiger charge is 2.49. The summed E-state index contributed by atoms with van der Waals surface area (Å²) in [5.41, 5.74) is -0.119. The number of sulfone groups is 1. The molecule has 1 saturated carbocycles. The molecule has 1 unspecified atom stereocenters. The highest BCUT2D eigenvalue weighted by atomic mass is 32.2. The molecule has 1 aliphatic carbocycles. The molecule has 0 aromatic carbocycles. The van der Waals surface area contributed by atoms with E-state index in [-0.39, 0.29) is 17.3 Å². The Morgan fingerprint density at radius 2 is 1.94 bits per heavy atom. The number of ether oxygens (including phenoxy) is 1. The normalized spacial score (nSPS) is 27.8. The van der Waals surface area contributed by atoms with E-state index in [1.807, 2.05) is 0 Å². The van der Waals surface area contributed by atoms with Crippen molar-refractivity contribution in [3.05, 3.63) is 0 Å². The minimum absolute atomic E-state index is 0.119. The maximum absolute atomic E-state index is 12.5. The first-order valence-electron chi connectivity index (χ1n) is 6.56. The molecule has 1 saturated heterocycles. The number of carbonyl (C=O) groups is 1. The Kier molecular flexibility index (Phi) is 3.35. The van der Waals surface area contributed by atoms with E-state index in [9.17, 15) is 13.2 Å². The second-order valence-electron chi connectivity index (χ2n) is 6.22. The standard InChI is InChI=1S/C13H22O4S/c1-12(2,18(3,15)16)11(14)10-5-8-17-13(9-10)6-4-7-13/h10H,4-9H2,1-3H3. The lowest BCUT2D eigenvalue weighted by molar-refractivity contribution is -0.156. The highest BCUT2D eigenvalue weighted by Crippen LogP contribution is 2.45. The van der Waals surface area contributed by atoms with Gasteiger partial charge in [-0.05, 0) is 46.0 Å². The molecule has 0 bridgehead atoms. The van der Waals surface area contributed by atoms with Crippen LogP contribution in [0.5, 0.6) is 0 Å². The van der Waals surface area contributed by atoms with E-state index in [0.717, 1.165) is 25.5 Å².